The largest absolute Gasteiger partial charge is 0.481 e. The van der Waals surface area contributed by atoms with E-state index in [9.17, 15) is 9.59 Å². The number of likely N-dealkylation sites (tertiary alicyclic amines) is 1. The van der Waals surface area contributed by atoms with Gasteiger partial charge >= 0.3 is 11.9 Å². The lowest BCUT2D eigenvalue weighted by molar-refractivity contribution is -0.157. The fraction of sp³-hybridized carbons (Fsp3) is 0.800. The van der Waals surface area contributed by atoms with Crippen LogP contribution in [0.25, 0.3) is 0 Å². The van der Waals surface area contributed by atoms with Gasteiger partial charge in [-0.15, -0.1) is 0 Å². The van der Waals surface area contributed by atoms with E-state index < -0.39 is 23.8 Å². The van der Waals surface area contributed by atoms with E-state index in [1.807, 2.05) is 11.8 Å². The molecule has 2 unspecified atom stereocenters. The highest BCUT2D eigenvalue weighted by Crippen LogP contribution is 2.24. The van der Waals surface area contributed by atoms with Gasteiger partial charge in [0, 0.05) is 6.54 Å². The minimum absolute atomic E-state index is 0.361. The Morgan fingerprint density at radius 2 is 1.87 bits per heavy atom. The van der Waals surface area contributed by atoms with E-state index in [2.05, 4.69) is 0 Å². The first-order chi connectivity index (χ1) is 7.06. The van der Waals surface area contributed by atoms with Gasteiger partial charge in [-0.2, -0.15) is 0 Å². The molecule has 0 amide bonds. The molecule has 2 N–H and O–H groups in total. The predicted molar refractivity (Wildman–Crippen MR) is 53.6 cm³/mol. The summed E-state index contributed by atoms with van der Waals surface area (Å²) in [7, 11) is 0. The third-order valence-electron chi connectivity index (χ3n) is 2.87. The molecule has 1 heterocycles. The van der Waals surface area contributed by atoms with Gasteiger partial charge in [0.1, 0.15) is 0 Å². The van der Waals surface area contributed by atoms with Crippen LogP contribution in [0, 0.1) is 11.8 Å². The van der Waals surface area contributed by atoms with Crippen molar-refractivity contribution < 1.29 is 19.8 Å². The van der Waals surface area contributed by atoms with Gasteiger partial charge in [0.15, 0.2) is 0 Å². The lowest BCUT2D eigenvalue weighted by Crippen LogP contribution is -2.46. The molecule has 15 heavy (non-hydrogen) atoms. The number of rotatable bonds is 4. The average Bonchev–Trinajstić information content (AvgIpc) is 2.17. The molecule has 0 aromatic heterocycles. The molecule has 1 aliphatic rings. The zero-order valence-corrected chi connectivity index (χ0v) is 8.85. The first-order valence-electron chi connectivity index (χ1n) is 5.24. The molecule has 0 radical (unpaired) electrons. The number of hydrogen-bond acceptors (Lipinski definition) is 3. The summed E-state index contributed by atoms with van der Waals surface area (Å²) in [6, 6.07) is 0. The van der Waals surface area contributed by atoms with E-state index in [-0.39, 0.29) is 0 Å². The Morgan fingerprint density at radius 1 is 1.27 bits per heavy atom. The normalized spacial score (nSPS) is 27.5. The Hall–Kier alpha value is -1.10. The molecule has 2 atom stereocenters. The van der Waals surface area contributed by atoms with E-state index in [1.165, 1.54) is 0 Å². The summed E-state index contributed by atoms with van der Waals surface area (Å²) >= 11 is 0. The van der Waals surface area contributed by atoms with Gasteiger partial charge < -0.3 is 15.1 Å². The van der Waals surface area contributed by atoms with Crippen LogP contribution >= 0.6 is 0 Å². The second kappa shape index (κ2) is 5.11. The first kappa shape index (κ1) is 12.0. The zero-order valence-electron chi connectivity index (χ0n) is 8.85. The summed E-state index contributed by atoms with van der Waals surface area (Å²) in [5, 5.41) is 17.8. The van der Waals surface area contributed by atoms with Crippen molar-refractivity contribution in [2.24, 2.45) is 11.8 Å². The third-order valence-corrected chi connectivity index (χ3v) is 2.87. The lowest BCUT2D eigenvalue weighted by atomic mass is 9.85. The fourth-order valence-electron chi connectivity index (χ4n) is 2.08. The van der Waals surface area contributed by atoms with Crippen LogP contribution in [-0.4, -0.2) is 46.7 Å². The molecule has 86 valence electrons. The molecule has 0 aromatic carbocycles. The summed E-state index contributed by atoms with van der Waals surface area (Å²) < 4.78 is 0. The van der Waals surface area contributed by atoms with Crippen LogP contribution in [0.5, 0.6) is 0 Å². The maximum Gasteiger partial charge on any atom is 0.308 e. The third kappa shape index (κ3) is 2.92. The van der Waals surface area contributed by atoms with Crippen LogP contribution in [0.4, 0.5) is 0 Å². The van der Waals surface area contributed by atoms with Crippen molar-refractivity contribution in [3.05, 3.63) is 0 Å². The van der Waals surface area contributed by atoms with Crippen LogP contribution < -0.4 is 0 Å². The monoisotopic (exact) mass is 215 g/mol. The fourth-order valence-corrected chi connectivity index (χ4v) is 2.08. The molecular formula is C10H17NO4. The maximum absolute atomic E-state index is 10.9. The summed E-state index contributed by atoms with van der Waals surface area (Å²) in [4.78, 5) is 23.8. The van der Waals surface area contributed by atoms with E-state index in [4.69, 9.17) is 10.2 Å². The first-order valence-corrected chi connectivity index (χ1v) is 5.24. The van der Waals surface area contributed by atoms with E-state index in [0.717, 1.165) is 13.0 Å². The van der Waals surface area contributed by atoms with E-state index >= 15 is 0 Å². The highest BCUT2D eigenvalue weighted by molar-refractivity contribution is 5.80. The SMILES string of the molecule is CCCN1CCC(C(=O)O)C(C(=O)O)C1. The quantitative estimate of drug-likeness (QED) is 0.714. The standard InChI is InChI=1S/C10H17NO4/c1-2-4-11-5-3-7(9(12)13)8(6-11)10(14)15/h7-8H,2-6H2,1H3,(H,12,13)(H,14,15). The summed E-state index contributed by atoms with van der Waals surface area (Å²) in [5.41, 5.74) is 0. The molecule has 1 aliphatic heterocycles. The lowest BCUT2D eigenvalue weighted by Gasteiger charge is -2.34. The Bertz CT molecular complexity index is 254. The smallest absolute Gasteiger partial charge is 0.308 e. The highest BCUT2D eigenvalue weighted by atomic mass is 16.4. The Balaban J connectivity index is 2.65. The predicted octanol–water partition coefficient (Wildman–Crippen LogP) is 0.504. The van der Waals surface area contributed by atoms with Gasteiger partial charge in [-0.3, -0.25) is 9.59 Å². The molecule has 0 spiro atoms. The molecule has 5 heteroatoms. The maximum atomic E-state index is 10.9. The van der Waals surface area contributed by atoms with Crippen LogP contribution in [0.2, 0.25) is 0 Å². The van der Waals surface area contributed by atoms with Gasteiger partial charge in [-0.05, 0) is 25.9 Å². The van der Waals surface area contributed by atoms with E-state index in [1.54, 1.807) is 0 Å². The van der Waals surface area contributed by atoms with Crippen molar-refractivity contribution in [1.82, 2.24) is 4.90 Å². The highest BCUT2D eigenvalue weighted by Gasteiger charge is 2.38. The van der Waals surface area contributed by atoms with Gasteiger partial charge in [0.25, 0.3) is 0 Å². The van der Waals surface area contributed by atoms with Gasteiger partial charge in [0.05, 0.1) is 11.8 Å². The Kier molecular flexibility index (Phi) is 4.08. The van der Waals surface area contributed by atoms with Crippen molar-refractivity contribution in [2.45, 2.75) is 19.8 Å². The minimum atomic E-state index is -0.997. The molecule has 0 bridgehead atoms. The van der Waals surface area contributed by atoms with Crippen molar-refractivity contribution in [3.8, 4) is 0 Å². The number of hydrogen-bond donors (Lipinski definition) is 2. The molecule has 1 rings (SSSR count). The van der Waals surface area contributed by atoms with Gasteiger partial charge in [-0.1, -0.05) is 6.92 Å². The van der Waals surface area contributed by atoms with Gasteiger partial charge in [-0.25, -0.2) is 0 Å². The van der Waals surface area contributed by atoms with Crippen molar-refractivity contribution in [2.75, 3.05) is 19.6 Å². The molecule has 5 nitrogen and oxygen atoms in total. The molecule has 0 aliphatic carbocycles. The molecule has 0 aromatic rings. The molecule has 1 fully saturated rings. The van der Waals surface area contributed by atoms with Gasteiger partial charge in [0.2, 0.25) is 0 Å². The second-order valence-corrected chi connectivity index (χ2v) is 3.98. The number of carboxylic acid groups (broad SMARTS) is 2. The summed E-state index contributed by atoms with van der Waals surface area (Å²) in [6.07, 6.45) is 1.40. The number of carbonyl (C=O) groups is 2. The molecular weight excluding hydrogens is 198 g/mol. The molecule has 1 saturated heterocycles. The number of carboxylic acids is 2. The molecule has 0 saturated carbocycles. The van der Waals surface area contributed by atoms with Crippen molar-refractivity contribution >= 4 is 11.9 Å². The second-order valence-electron chi connectivity index (χ2n) is 3.98. The number of nitrogens with zero attached hydrogens (tertiary/aromatic N) is 1. The number of piperidine rings is 1. The average molecular weight is 215 g/mol. The summed E-state index contributed by atoms with van der Waals surface area (Å²) in [6.45, 7) is 3.92. The Labute approximate surface area is 88.7 Å². The van der Waals surface area contributed by atoms with Crippen LogP contribution in [-0.2, 0) is 9.59 Å². The van der Waals surface area contributed by atoms with E-state index in [0.29, 0.717) is 19.5 Å². The van der Waals surface area contributed by atoms with Crippen LogP contribution in [0.1, 0.15) is 19.8 Å². The topological polar surface area (TPSA) is 77.8 Å². The summed E-state index contributed by atoms with van der Waals surface area (Å²) in [5.74, 6) is -3.47. The van der Waals surface area contributed by atoms with Crippen molar-refractivity contribution in [1.29, 1.82) is 0 Å². The zero-order chi connectivity index (χ0) is 11.4. The van der Waals surface area contributed by atoms with Crippen LogP contribution in [0.3, 0.4) is 0 Å². The van der Waals surface area contributed by atoms with Crippen LogP contribution in [0.15, 0.2) is 0 Å². The number of aliphatic carboxylic acids is 2. The minimum Gasteiger partial charge on any atom is -0.481 e. The Morgan fingerprint density at radius 3 is 2.33 bits per heavy atom. The van der Waals surface area contributed by atoms with Crippen molar-refractivity contribution in [3.63, 3.8) is 0 Å².